The molecule has 1 aliphatic rings. The van der Waals surface area contributed by atoms with Crippen LogP contribution in [-0.4, -0.2) is 31.3 Å². The Morgan fingerprint density at radius 1 is 1.22 bits per heavy atom. The van der Waals surface area contributed by atoms with E-state index in [1.165, 1.54) is 0 Å². The largest absolute Gasteiger partial charge is 0.315 e. The Kier molecular flexibility index (Phi) is 4.10. The zero-order valence-corrected chi connectivity index (χ0v) is 10.6. The molecule has 0 aromatic heterocycles. The summed E-state index contributed by atoms with van der Waals surface area (Å²) in [6.45, 7) is 3.93. The Morgan fingerprint density at radius 2 is 1.94 bits per heavy atom. The van der Waals surface area contributed by atoms with Crippen LogP contribution in [0.2, 0.25) is 0 Å². The summed E-state index contributed by atoms with van der Waals surface area (Å²) in [6, 6.07) is 7.24. The van der Waals surface area contributed by atoms with Gasteiger partial charge in [-0.1, -0.05) is 0 Å². The molecule has 0 unspecified atom stereocenters. The molecule has 1 N–H and O–H groups in total. The van der Waals surface area contributed by atoms with E-state index in [-0.39, 0.29) is 11.7 Å². The summed E-state index contributed by atoms with van der Waals surface area (Å²) < 4.78 is 0. The first-order chi connectivity index (χ1) is 8.68. The van der Waals surface area contributed by atoms with Gasteiger partial charge in [0.1, 0.15) is 0 Å². The van der Waals surface area contributed by atoms with Crippen LogP contribution in [0.3, 0.4) is 0 Å². The molecule has 1 aromatic carbocycles. The fourth-order valence-corrected chi connectivity index (χ4v) is 2.09. The molecule has 0 radical (unpaired) electrons. The van der Waals surface area contributed by atoms with Gasteiger partial charge in [-0.2, -0.15) is 0 Å². The average Bonchev–Trinajstić information content (AvgIpc) is 2.35. The zero-order chi connectivity index (χ0) is 13.0. The molecule has 4 nitrogen and oxygen atoms in total. The maximum Gasteiger partial charge on any atom is 0.227 e. The number of rotatable bonds is 2. The molecule has 1 fully saturated rings. The standard InChI is InChI=1S/C14H18N2O2/c1-11(17)12-4-6-13(7-5-12)16-10-9-15-8-2-3-14(16)18/h4-7,15H,2-3,8-10H2,1H3. The zero-order valence-electron chi connectivity index (χ0n) is 10.6. The molecule has 0 saturated carbocycles. The van der Waals surface area contributed by atoms with E-state index in [2.05, 4.69) is 5.32 Å². The molecule has 1 amide bonds. The molecule has 0 bridgehead atoms. The lowest BCUT2D eigenvalue weighted by molar-refractivity contribution is -0.118. The fourth-order valence-electron chi connectivity index (χ4n) is 2.09. The number of hydrogen-bond donors (Lipinski definition) is 1. The van der Waals surface area contributed by atoms with Crippen molar-refractivity contribution in [2.24, 2.45) is 0 Å². The van der Waals surface area contributed by atoms with E-state index in [1.807, 2.05) is 12.1 Å². The highest BCUT2D eigenvalue weighted by Gasteiger charge is 2.16. The summed E-state index contributed by atoms with van der Waals surface area (Å²) in [5, 5.41) is 3.29. The first-order valence-electron chi connectivity index (χ1n) is 6.30. The minimum atomic E-state index is 0.0437. The number of anilines is 1. The van der Waals surface area contributed by atoms with Crippen molar-refractivity contribution in [3.8, 4) is 0 Å². The van der Waals surface area contributed by atoms with Crippen LogP contribution >= 0.6 is 0 Å². The summed E-state index contributed by atoms with van der Waals surface area (Å²) in [5.41, 5.74) is 1.55. The number of Topliss-reactive ketones (excluding diaryl/α,β-unsaturated/α-hetero) is 1. The third-order valence-electron chi connectivity index (χ3n) is 3.14. The van der Waals surface area contributed by atoms with E-state index in [0.29, 0.717) is 18.5 Å². The third-order valence-corrected chi connectivity index (χ3v) is 3.14. The van der Waals surface area contributed by atoms with Crippen molar-refractivity contribution in [2.45, 2.75) is 19.8 Å². The van der Waals surface area contributed by atoms with Crippen molar-refractivity contribution in [2.75, 3.05) is 24.5 Å². The van der Waals surface area contributed by atoms with Gasteiger partial charge in [0.25, 0.3) is 0 Å². The summed E-state index contributed by atoms with van der Waals surface area (Å²) in [6.07, 6.45) is 1.45. The highest BCUT2D eigenvalue weighted by atomic mass is 16.2. The average molecular weight is 246 g/mol. The summed E-state index contributed by atoms with van der Waals surface area (Å²) in [7, 11) is 0. The van der Waals surface area contributed by atoms with Crippen molar-refractivity contribution in [1.29, 1.82) is 0 Å². The Hall–Kier alpha value is -1.68. The maximum absolute atomic E-state index is 12.0. The van der Waals surface area contributed by atoms with Crippen LogP contribution in [0.1, 0.15) is 30.1 Å². The van der Waals surface area contributed by atoms with Crippen LogP contribution in [0.15, 0.2) is 24.3 Å². The van der Waals surface area contributed by atoms with Gasteiger partial charge in [-0.25, -0.2) is 0 Å². The molecule has 0 aliphatic carbocycles. The highest BCUT2D eigenvalue weighted by molar-refractivity contribution is 5.96. The molecular weight excluding hydrogens is 228 g/mol. The molecule has 96 valence electrons. The molecule has 2 rings (SSSR count). The minimum Gasteiger partial charge on any atom is -0.315 e. The summed E-state index contributed by atoms with van der Waals surface area (Å²) in [5.74, 6) is 0.203. The number of nitrogens with zero attached hydrogens (tertiary/aromatic N) is 1. The van der Waals surface area contributed by atoms with Crippen LogP contribution < -0.4 is 10.2 Å². The maximum atomic E-state index is 12.0. The van der Waals surface area contributed by atoms with Crippen LogP contribution in [0.25, 0.3) is 0 Å². The smallest absolute Gasteiger partial charge is 0.227 e. The van der Waals surface area contributed by atoms with E-state index < -0.39 is 0 Å². The quantitative estimate of drug-likeness (QED) is 0.806. The third kappa shape index (κ3) is 2.96. The molecule has 1 saturated heterocycles. The minimum absolute atomic E-state index is 0.0437. The fraction of sp³-hybridized carbons (Fsp3) is 0.429. The first-order valence-corrected chi connectivity index (χ1v) is 6.30. The number of hydrogen-bond acceptors (Lipinski definition) is 3. The molecule has 1 aromatic rings. The van der Waals surface area contributed by atoms with Crippen molar-refractivity contribution in [3.63, 3.8) is 0 Å². The molecule has 4 heteroatoms. The molecule has 1 aliphatic heterocycles. The van der Waals surface area contributed by atoms with E-state index in [9.17, 15) is 9.59 Å². The number of nitrogens with one attached hydrogen (secondary N) is 1. The molecule has 0 atom stereocenters. The lowest BCUT2D eigenvalue weighted by Gasteiger charge is -2.25. The highest BCUT2D eigenvalue weighted by Crippen LogP contribution is 2.17. The van der Waals surface area contributed by atoms with Crippen LogP contribution in [-0.2, 0) is 4.79 Å². The lowest BCUT2D eigenvalue weighted by Crippen LogP contribution is -2.39. The van der Waals surface area contributed by atoms with E-state index in [4.69, 9.17) is 0 Å². The number of carbonyl (C=O) groups excluding carboxylic acids is 2. The number of ketones is 1. The van der Waals surface area contributed by atoms with Crippen molar-refractivity contribution in [3.05, 3.63) is 29.8 Å². The normalized spacial score (nSPS) is 17.2. The molecule has 1 heterocycles. The van der Waals surface area contributed by atoms with Crippen LogP contribution in [0.4, 0.5) is 5.69 Å². The summed E-state index contributed by atoms with van der Waals surface area (Å²) >= 11 is 0. The van der Waals surface area contributed by atoms with Gasteiger partial charge in [0.05, 0.1) is 0 Å². The second-order valence-electron chi connectivity index (χ2n) is 4.50. The number of carbonyl (C=O) groups is 2. The number of benzene rings is 1. The SMILES string of the molecule is CC(=O)c1ccc(N2CCNCCCC2=O)cc1. The van der Waals surface area contributed by atoms with E-state index in [0.717, 1.165) is 25.2 Å². The topological polar surface area (TPSA) is 49.4 Å². The summed E-state index contributed by atoms with van der Waals surface area (Å²) in [4.78, 5) is 25.0. The van der Waals surface area contributed by atoms with Crippen molar-refractivity contribution in [1.82, 2.24) is 5.32 Å². The lowest BCUT2D eigenvalue weighted by atomic mass is 10.1. The monoisotopic (exact) mass is 246 g/mol. The van der Waals surface area contributed by atoms with Gasteiger partial charge >= 0.3 is 0 Å². The second-order valence-corrected chi connectivity index (χ2v) is 4.50. The molecule has 0 spiro atoms. The predicted octanol–water partition coefficient (Wildman–Crippen LogP) is 1.61. The Labute approximate surface area is 107 Å². The van der Waals surface area contributed by atoms with Crippen LogP contribution in [0, 0.1) is 0 Å². The van der Waals surface area contributed by atoms with Crippen molar-refractivity contribution >= 4 is 17.4 Å². The van der Waals surface area contributed by atoms with Crippen LogP contribution in [0.5, 0.6) is 0 Å². The van der Waals surface area contributed by atoms with Gasteiger partial charge in [0.2, 0.25) is 5.91 Å². The van der Waals surface area contributed by atoms with Gasteiger partial charge in [0.15, 0.2) is 5.78 Å². The first kappa shape index (κ1) is 12.8. The predicted molar refractivity (Wildman–Crippen MR) is 70.9 cm³/mol. The molecular formula is C14H18N2O2. The van der Waals surface area contributed by atoms with Gasteiger partial charge in [-0.3, -0.25) is 9.59 Å². The Balaban J connectivity index is 2.17. The Bertz CT molecular complexity index is 440. The number of amides is 1. The van der Waals surface area contributed by atoms with Gasteiger partial charge in [-0.05, 0) is 44.2 Å². The molecule has 18 heavy (non-hydrogen) atoms. The van der Waals surface area contributed by atoms with Gasteiger partial charge < -0.3 is 10.2 Å². The van der Waals surface area contributed by atoms with Gasteiger partial charge in [0, 0.05) is 30.8 Å². The second kappa shape index (κ2) is 5.78. The van der Waals surface area contributed by atoms with Crippen molar-refractivity contribution < 1.29 is 9.59 Å². The Morgan fingerprint density at radius 3 is 2.61 bits per heavy atom. The van der Waals surface area contributed by atoms with Gasteiger partial charge in [-0.15, -0.1) is 0 Å². The van der Waals surface area contributed by atoms with E-state index >= 15 is 0 Å². The van der Waals surface area contributed by atoms with E-state index in [1.54, 1.807) is 24.0 Å².